The predicted octanol–water partition coefficient (Wildman–Crippen LogP) is 1.24. The molecule has 1 atom stereocenters. The first-order chi connectivity index (χ1) is 14.7. The van der Waals surface area contributed by atoms with E-state index in [1.54, 1.807) is 0 Å². The number of hydrogen-bond acceptors (Lipinski definition) is 5. The number of nitrogens with one attached hydrogen (secondary N) is 1. The molecule has 1 fully saturated rings. The molecule has 8 nitrogen and oxygen atoms in total. The summed E-state index contributed by atoms with van der Waals surface area (Å²) in [4.78, 5) is 15.5. The minimum atomic E-state index is -5.01. The number of nitrogens with zero attached hydrogens (tertiary/aromatic N) is 3. The van der Waals surface area contributed by atoms with E-state index in [9.17, 15) is 39.6 Å². The molecule has 0 saturated carbocycles. The third-order valence-corrected chi connectivity index (χ3v) is 6.26. The van der Waals surface area contributed by atoms with Crippen molar-refractivity contribution in [2.45, 2.75) is 24.8 Å². The Morgan fingerprint density at radius 2 is 1.75 bits per heavy atom. The maximum atomic E-state index is 13.0. The van der Waals surface area contributed by atoms with Gasteiger partial charge in [-0.25, -0.2) is 28.9 Å². The first kappa shape index (κ1) is 23.7. The molecule has 0 radical (unpaired) electrons. The zero-order chi connectivity index (χ0) is 23.7. The first-order valence-corrected chi connectivity index (χ1v) is 10.8. The molecule has 1 saturated heterocycles. The van der Waals surface area contributed by atoms with Gasteiger partial charge < -0.3 is 0 Å². The molecular weight excluding hydrogens is 468 g/mol. The number of sulfone groups is 1. The van der Waals surface area contributed by atoms with E-state index >= 15 is 0 Å². The highest BCUT2D eigenvalue weighted by Gasteiger charge is 2.37. The number of amides is 1. The average molecular weight is 484 g/mol. The number of rotatable bonds is 5. The Labute approximate surface area is 177 Å². The molecule has 1 aromatic carbocycles. The van der Waals surface area contributed by atoms with E-state index in [4.69, 9.17) is 0 Å². The molecule has 2 heterocycles. The summed E-state index contributed by atoms with van der Waals surface area (Å²) in [5.74, 6) is -1.08. The first-order valence-electron chi connectivity index (χ1n) is 8.96. The zero-order valence-corrected chi connectivity index (χ0v) is 16.8. The molecule has 3 rings (SSSR count). The fraction of sp³-hybridized carbons (Fsp3) is 0.353. The number of alkyl halides is 6. The van der Waals surface area contributed by atoms with Crippen LogP contribution in [0, 0.1) is 0 Å². The van der Waals surface area contributed by atoms with Crippen LogP contribution in [0.4, 0.5) is 26.3 Å². The van der Waals surface area contributed by atoms with Crippen molar-refractivity contribution >= 4 is 21.9 Å². The van der Waals surface area contributed by atoms with Gasteiger partial charge in [0.1, 0.15) is 18.1 Å². The van der Waals surface area contributed by atoms with Gasteiger partial charge in [-0.15, -0.1) is 5.10 Å². The van der Waals surface area contributed by atoms with Crippen LogP contribution in [-0.4, -0.2) is 46.6 Å². The molecule has 174 valence electrons. The van der Waals surface area contributed by atoms with Crippen LogP contribution in [0.3, 0.4) is 0 Å². The van der Waals surface area contributed by atoms with Crippen molar-refractivity contribution in [1.82, 2.24) is 20.2 Å². The summed E-state index contributed by atoms with van der Waals surface area (Å²) < 4.78 is 102. The van der Waals surface area contributed by atoms with Crippen LogP contribution in [-0.2, 0) is 27.0 Å². The van der Waals surface area contributed by atoms with Crippen molar-refractivity contribution in [2.75, 3.05) is 11.5 Å². The van der Waals surface area contributed by atoms with E-state index in [2.05, 4.69) is 15.5 Å². The SMILES string of the molecule is O=C(/C=C\n1cnc(-c2cc(C(F)(F)F)cc(C(F)(F)F)c2)n1)N[NH2+]C1CCS(=O)(=O)C1. The maximum absolute atomic E-state index is 13.0. The van der Waals surface area contributed by atoms with E-state index in [0.717, 1.165) is 23.3 Å². The smallest absolute Gasteiger partial charge is 0.265 e. The number of aromatic nitrogens is 3. The van der Waals surface area contributed by atoms with Crippen LogP contribution in [0.1, 0.15) is 17.5 Å². The van der Waals surface area contributed by atoms with Crippen LogP contribution in [0.15, 0.2) is 30.6 Å². The lowest BCUT2D eigenvalue weighted by atomic mass is 10.0. The Morgan fingerprint density at radius 3 is 2.28 bits per heavy atom. The lowest BCUT2D eigenvalue weighted by molar-refractivity contribution is -0.725. The fourth-order valence-electron chi connectivity index (χ4n) is 2.91. The monoisotopic (exact) mass is 484 g/mol. The zero-order valence-electron chi connectivity index (χ0n) is 16.0. The van der Waals surface area contributed by atoms with Crippen LogP contribution >= 0.6 is 0 Å². The third kappa shape index (κ3) is 6.06. The highest BCUT2D eigenvalue weighted by molar-refractivity contribution is 7.91. The number of halogens is 6. The fourth-order valence-corrected chi connectivity index (χ4v) is 4.65. The van der Waals surface area contributed by atoms with Crippen molar-refractivity contribution in [3.63, 3.8) is 0 Å². The summed E-state index contributed by atoms with van der Waals surface area (Å²) in [6.07, 6.45) is -6.55. The van der Waals surface area contributed by atoms with Gasteiger partial charge in [-0.3, -0.25) is 4.79 Å². The Morgan fingerprint density at radius 1 is 1.12 bits per heavy atom. The maximum Gasteiger partial charge on any atom is 0.416 e. The Bertz CT molecular complexity index is 1110. The second-order valence-electron chi connectivity index (χ2n) is 7.00. The largest absolute Gasteiger partial charge is 0.416 e. The highest BCUT2D eigenvalue weighted by atomic mass is 32.2. The minimum Gasteiger partial charge on any atom is -0.265 e. The normalized spacial score (nSPS) is 18.9. The molecule has 2 aromatic rings. The van der Waals surface area contributed by atoms with Crippen molar-refractivity contribution in [3.05, 3.63) is 41.7 Å². The molecule has 3 N–H and O–H groups in total. The van der Waals surface area contributed by atoms with Gasteiger partial charge in [-0.05, 0) is 18.2 Å². The number of nitrogens with two attached hydrogens (primary N) is 1. The molecule has 0 spiro atoms. The molecule has 1 aliphatic rings. The van der Waals surface area contributed by atoms with Gasteiger partial charge in [-0.2, -0.15) is 26.3 Å². The summed E-state index contributed by atoms with van der Waals surface area (Å²) >= 11 is 0. The second kappa shape index (κ2) is 8.54. The van der Waals surface area contributed by atoms with Crippen molar-refractivity contribution < 1.29 is 45.0 Å². The number of carbonyl (C=O) groups excluding carboxylic acids is 1. The van der Waals surface area contributed by atoms with Crippen LogP contribution < -0.4 is 10.9 Å². The molecule has 0 aliphatic carbocycles. The molecular formula is C17H16F6N5O3S+. The van der Waals surface area contributed by atoms with E-state index in [1.165, 1.54) is 5.43 Å². The molecule has 15 heteroatoms. The summed E-state index contributed by atoms with van der Waals surface area (Å²) in [5.41, 5.74) is 0.241. The quantitative estimate of drug-likeness (QED) is 0.218. The van der Waals surface area contributed by atoms with E-state index in [1.807, 2.05) is 0 Å². The highest BCUT2D eigenvalue weighted by Crippen LogP contribution is 2.38. The third-order valence-electron chi connectivity index (χ3n) is 4.46. The van der Waals surface area contributed by atoms with Gasteiger partial charge in [0, 0.05) is 24.3 Å². The molecule has 1 aliphatic heterocycles. The van der Waals surface area contributed by atoms with E-state index < -0.39 is 50.6 Å². The number of hydrogen-bond donors (Lipinski definition) is 2. The average Bonchev–Trinajstić information content (AvgIpc) is 3.29. The Hall–Kier alpha value is -2.94. The Kier molecular flexibility index (Phi) is 6.33. The van der Waals surface area contributed by atoms with E-state index in [0.29, 0.717) is 18.6 Å². The number of quaternary nitrogens is 1. The van der Waals surface area contributed by atoms with Gasteiger partial charge in [-0.1, -0.05) is 0 Å². The molecule has 1 aromatic heterocycles. The van der Waals surface area contributed by atoms with Crippen molar-refractivity contribution in [3.8, 4) is 11.4 Å². The number of carbonyl (C=O) groups is 1. The summed E-state index contributed by atoms with van der Waals surface area (Å²) in [7, 11) is -3.11. The summed E-state index contributed by atoms with van der Waals surface area (Å²) in [5, 5.41) is 3.77. The number of benzene rings is 1. The van der Waals surface area contributed by atoms with Crippen molar-refractivity contribution in [1.29, 1.82) is 0 Å². The van der Waals surface area contributed by atoms with E-state index in [-0.39, 0.29) is 23.6 Å². The van der Waals surface area contributed by atoms with Gasteiger partial charge in [0.05, 0.1) is 16.9 Å². The topological polar surface area (TPSA) is 111 Å². The van der Waals surface area contributed by atoms with Crippen LogP contribution in [0.25, 0.3) is 17.6 Å². The molecule has 32 heavy (non-hydrogen) atoms. The van der Waals surface area contributed by atoms with Gasteiger partial charge >= 0.3 is 12.4 Å². The summed E-state index contributed by atoms with van der Waals surface area (Å²) in [6, 6.07) is 0.668. The second-order valence-corrected chi connectivity index (χ2v) is 9.23. The predicted molar refractivity (Wildman–Crippen MR) is 97.9 cm³/mol. The minimum absolute atomic E-state index is 0.00316. The van der Waals surface area contributed by atoms with Crippen molar-refractivity contribution in [2.24, 2.45) is 0 Å². The van der Waals surface area contributed by atoms with Gasteiger partial charge in [0.15, 0.2) is 15.7 Å². The molecule has 0 bridgehead atoms. The summed E-state index contributed by atoms with van der Waals surface area (Å²) in [6.45, 7) is 0. The Balaban J connectivity index is 1.72. The standard InChI is InChI=1S/C17H15F6N5O3S/c18-16(19,20)11-5-10(6-12(7-11)17(21,22)23)15-24-9-28(27-15)3-1-14(29)26-25-13-2-4-32(30,31)8-13/h1,3,5-7,9,13,25H,2,4,8H2,(H,26,29)/p+1/b3-1-. The van der Waals surface area contributed by atoms with Crippen LogP contribution in [0.2, 0.25) is 0 Å². The lowest BCUT2D eigenvalue weighted by Gasteiger charge is -2.13. The lowest BCUT2D eigenvalue weighted by Crippen LogP contribution is -2.99. The van der Waals surface area contributed by atoms with Crippen LogP contribution in [0.5, 0.6) is 0 Å². The molecule has 1 unspecified atom stereocenters. The molecule has 1 amide bonds. The van der Waals surface area contributed by atoms with Gasteiger partial charge in [0.25, 0.3) is 5.91 Å². The van der Waals surface area contributed by atoms with Gasteiger partial charge in [0.2, 0.25) is 0 Å².